The fourth-order valence-electron chi connectivity index (χ4n) is 4.84. The molecule has 7 nitrogen and oxygen atoms in total. The maximum atomic E-state index is 15.4. The molecule has 13 heteroatoms. The largest absolute Gasteiger partial charge is 0.416 e. The lowest BCUT2D eigenvalue weighted by molar-refractivity contribution is -0.137. The quantitative estimate of drug-likeness (QED) is 0.547. The van der Waals surface area contributed by atoms with Gasteiger partial charge in [0.1, 0.15) is 18.3 Å². The third kappa shape index (κ3) is 5.66. The number of carbonyl (C=O) groups excluding carboxylic acids is 1. The molecule has 0 radical (unpaired) electrons. The Morgan fingerprint density at radius 3 is 2.61 bits per heavy atom. The van der Waals surface area contributed by atoms with Crippen LogP contribution in [0.5, 0.6) is 0 Å². The first-order chi connectivity index (χ1) is 17.0. The number of alkyl halides is 4. The molecule has 196 valence electrons. The van der Waals surface area contributed by atoms with Crippen molar-refractivity contribution in [2.75, 3.05) is 42.9 Å². The molecule has 2 unspecified atom stereocenters. The standard InChI is InChI=1S/C23H26F6N6O/c24-16-8-14(23(27,28)29)3-4-15(16)18-2-1-6-35(18)22-20(26)21(32-12-33-22)31-9-13-5-7-34(10-17(13)25)11-19(30)36/h3-4,8,12-13,17-18H,1-2,5-7,9-11H2,(H2,30,36)(H,31,32,33)/t13?,17?,18-/m1/s1. The second-order valence-electron chi connectivity index (χ2n) is 9.09. The number of halogens is 6. The van der Waals surface area contributed by atoms with Gasteiger partial charge in [-0.05, 0) is 37.9 Å². The maximum Gasteiger partial charge on any atom is 0.416 e. The molecule has 0 saturated carbocycles. The van der Waals surface area contributed by atoms with Gasteiger partial charge >= 0.3 is 6.18 Å². The van der Waals surface area contributed by atoms with E-state index in [2.05, 4.69) is 15.3 Å². The Balaban J connectivity index is 1.47. The topological polar surface area (TPSA) is 87.4 Å². The molecular formula is C23H26F6N6O. The molecule has 3 N–H and O–H groups in total. The van der Waals surface area contributed by atoms with Crippen LogP contribution in [0.2, 0.25) is 0 Å². The minimum atomic E-state index is -4.68. The van der Waals surface area contributed by atoms with Crippen LogP contribution in [-0.4, -0.2) is 59.7 Å². The third-order valence-corrected chi connectivity index (χ3v) is 6.65. The number of anilines is 2. The second-order valence-corrected chi connectivity index (χ2v) is 9.09. The van der Waals surface area contributed by atoms with E-state index in [4.69, 9.17) is 5.73 Å². The van der Waals surface area contributed by atoms with E-state index in [1.54, 1.807) is 4.90 Å². The van der Waals surface area contributed by atoms with E-state index in [1.165, 1.54) is 4.90 Å². The smallest absolute Gasteiger partial charge is 0.369 e. The number of hydrogen-bond donors (Lipinski definition) is 2. The van der Waals surface area contributed by atoms with Gasteiger partial charge in [0.05, 0.1) is 18.2 Å². The molecule has 36 heavy (non-hydrogen) atoms. The number of nitrogens with zero attached hydrogens (tertiary/aromatic N) is 4. The number of primary amides is 1. The Bertz CT molecular complexity index is 1100. The van der Waals surface area contributed by atoms with Gasteiger partial charge in [-0.1, -0.05) is 6.07 Å². The van der Waals surface area contributed by atoms with E-state index in [0.717, 1.165) is 18.5 Å². The Morgan fingerprint density at radius 1 is 1.17 bits per heavy atom. The Kier molecular flexibility index (Phi) is 7.57. The first-order valence-electron chi connectivity index (χ1n) is 11.6. The molecule has 2 saturated heterocycles. The van der Waals surface area contributed by atoms with Gasteiger partial charge in [-0.2, -0.15) is 17.6 Å². The van der Waals surface area contributed by atoms with Crippen LogP contribution < -0.4 is 16.0 Å². The van der Waals surface area contributed by atoms with E-state index < -0.39 is 47.4 Å². The Morgan fingerprint density at radius 2 is 1.94 bits per heavy atom. The molecule has 1 aromatic carbocycles. The van der Waals surface area contributed by atoms with E-state index in [-0.39, 0.29) is 36.8 Å². The SMILES string of the molecule is NC(=O)CN1CCC(CNc2ncnc(N3CCC[C@@H]3c3ccc(C(F)(F)F)cc3F)c2F)C(F)C1. The summed E-state index contributed by atoms with van der Waals surface area (Å²) in [4.78, 5) is 22.1. The van der Waals surface area contributed by atoms with E-state index in [1.807, 2.05) is 0 Å². The molecular weight excluding hydrogens is 490 g/mol. The summed E-state index contributed by atoms with van der Waals surface area (Å²) in [7, 11) is 0. The van der Waals surface area contributed by atoms with E-state index in [0.29, 0.717) is 38.4 Å². The van der Waals surface area contributed by atoms with Crippen LogP contribution in [0.1, 0.15) is 36.4 Å². The van der Waals surface area contributed by atoms with E-state index in [9.17, 15) is 26.7 Å². The van der Waals surface area contributed by atoms with Gasteiger partial charge in [0, 0.05) is 31.1 Å². The minimum Gasteiger partial charge on any atom is -0.369 e. The molecule has 2 fully saturated rings. The number of hydrogen-bond acceptors (Lipinski definition) is 6. The fraction of sp³-hybridized carbons (Fsp3) is 0.522. The highest BCUT2D eigenvalue weighted by Gasteiger charge is 2.35. The monoisotopic (exact) mass is 516 g/mol. The summed E-state index contributed by atoms with van der Waals surface area (Å²) in [5.41, 5.74) is 4.08. The highest BCUT2D eigenvalue weighted by atomic mass is 19.4. The van der Waals surface area contributed by atoms with E-state index >= 15 is 4.39 Å². The Labute approximate surface area is 203 Å². The molecule has 3 atom stereocenters. The zero-order valence-electron chi connectivity index (χ0n) is 19.2. The van der Waals surface area contributed by atoms with Gasteiger partial charge in [-0.15, -0.1) is 0 Å². The summed E-state index contributed by atoms with van der Waals surface area (Å²) in [5.74, 6) is -3.06. The predicted molar refractivity (Wildman–Crippen MR) is 120 cm³/mol. The van der Waals surface area contributed by atoms with Crippen LogP contribution in [0.3, 0.4) is 0 Å². The van der Waals surface area contributed by atoms with Crippen molar-refractivity contribution in [3.05, 3.63) is 47.3 Å². The molecule has 0 aliphatic carbocycles. The summed E-state index contributed by atoms with van der Waals surface area (Å²) in [5, 5.41) is 2.82. The molecule has 0 spiro atoms. The molecule has 2 aliphatic rings. The second kappa shape index (κ2) is 10.5. The normalized spacial score (nSPS) is 23.2. The molecule has 1 aromatic heterocycles. The van der Waals surface area contributed by atoms with Crippen LogP contribution in [-0.2, 0) is 11.0 Å². The lowest BCUT2D eigenvalue weighted by atomic mass is 9.95. The van der Waals surface area contributed by atoms with Gasteiger partial charge in [0.2, 0.25) is 11.7 Å². The summed E-state index contributed by atoms with van der Waals surface area (Å²) in [6.07, 6.45) is -3.40. The van der Waals surface area contributed by atoms with Gasteiger partial charge < -0.3 is 16.0 Å². The number of amides is 1. The average molecular weight is 516 g/mol. The van der Waals surface area contributed by atoms with Crippen LogP contribution >= 0.6 is 0 Å². The molecule has 2 aliphatic heterocycles. The maximum absolute atomic E-state index is 15.4. The van der Waals surface area contributed by atoms with Crippen LogP contribution in [0, 0.1) is 17.6 Å². The lowest BCUT2D eigenvalue weighted by Gasteiger charge is -2.34. The molecule has 4 rings (SSSR count). The number of likely N-dealkylation sites (tertiary alicyclic amines) is 1. The summed E-state index contributed by atoms with van der Waals surface area (Å²) in [6, 6.07) is 1.62. The number of nitrogens with two attached hydrogens (primary N) is 1. The predicted octanol–water partition coefficient (Wildman–Crippen LogP) is 3.67. The number of carbonyl (C=O) groups is 1. The molecule has 3 heterocycles. The van der Waals surface area contributed by atoms with Crippen LogP contribution in [0.25, 0.3) is 0 Å². The number of benzene rings is 1. The zero-order valence-corrected chi connectivity index (χ0v) is 19.2. The van der Waals surface area contributed by atoms with Gasteiger partial charge in [-0.3, -0.25) is 9.69 Å². The van der Waals surface area contributed by atoms with Crippen molar-refractivity contribution in [2.24, 2.45) is 11.7 Å². The summed E-state index contributed by atoms with van der Waals surface area (Å²) >= 11 is 0. The first kappa shape index (κ1) is 26.0. The van der Waals surface area contributed by atoms with Crippen LogP contribution in [0.15, 0.2) is 24.5 Å². The average Bonchev–Trinajstić information content (AvgIpc) is 3.27. The van der Waals surface area contributed by atoms with Crippen molar-refractivity contribution < 1.29 is 31.1 Å². The summed E-state index contributed by atoms with van der Waals surface area (Å²) < 4.78 is 83.3. The van der Waals surface area contributed by atoms with Crippen molar-refractivity contribution in [1.29, 1.82) is 0 Å². The minimum absolute atomic E-state index is 0.0241. The van der Waals surface area contributed by atoms with Gasteiger partial charge in [-0.25, -0.2) is 18.7 Å². The third-order valence-electron chi connectivity index (χ3n) is 6.65. The van der Waals surface area contributed by atoms with Crippen molar-refractivity contribution >= 4 is 17.5 Å². The lowest BCUT2D eigenvalue weighted by Crippen LogP contribution is -2.46. The van der Waals surface area contributed by atoms with Crippen molar-refractivity contribution in [3.8, 4) is 0 Å². The number of rotatable bonds is 7. The highest BCUT2D eigenvalue weighted by molar-refractivity contribution is 5.75. The molecule has 0 bridgehead atoms. The van der Waals surface area contributed by atoms with Gasteiger partial charge in [0.15, 0.2) is 11.6 Å². The Hall–Kier alpha value is -3.09. The first-order valence-corrected chi connectivity index (χ1v) is 11.6. The molecule has 2 aromatic rings. The van der Waals surface area contributed by atoms with Crippen LogP contribution in [0.4, 0.5) is 38.0 Å². The number of piperidine rings is 1. The number of aromatic nitrogens is 2. The number of nitrogens with one attached hydrogen (secondary N) is 1. The summed E-state index contributed by atoms with van der Waals surface area (Å²) in [6.45, 7) is 0.905. The van der Waals surface area contributed by atoms with Gasteiger partial charge in [0.25, 0.3) is 0 Å². The fourth-order valence-corrected chi connectivity index (χ4v) is 4.84. The van der Waals surface area contributed by atoms with Crippen molar-refractivity contribution in [3.63, 3.8) is 0 Å². The van der Waals surface area contributed by atoms with Crippen molar-refractivity contribution in [1.82, 2.24) is 14.9 Å². The van der Waals surface area contributed by atoms with Crippen molar-refractivity contribution in [2.45, 2.75) is 37.7 Å². The zero-order chi connectivity index (χ0) is 26.0. The molecule has 1 amide bonds. The highest BCUT2D eigenvalue weighted by Crippen LogP contribution is 2.40.